The fourth-order valence-electron chi connectivity index (χ4n) is 2.91. The summed E-state index contributed by atoms with van der Waals surface area (Å²) < 4.78 is 34.4. The number of benzene rings is 2. The predicted octanol–water partition coefficient (Wildman–Crippen LogP) is 3.76. The molecule has 0 aliphatic heterocycles. The first-order valence-electron chi connectivity index (χ1n) is 9.37. The Hall–Kier alpha value is -3.13. The highest BCUT2D eigenvalue weighted by molar-refractivity contribution is 7.90. The molecule has 1 N–H and O–H groups in total. The van der Waals surface area contributed by atoms with E-state index in [4.69, 9.17) is 9.26 Å². The first kappa shape index (κ1) is 21.6. The minimum Gasteiger partial charge on any atom is -0.489 e. The molecule has 0 radical (unpaired) electrons. The van der Waals surface area contributed by atoms with Crippen LogP contribution in [-0.4, -0.2) is 25.7 Å². The van der Waals surface area contributed by atoms with Gasteiger partial charge in [0, 0.05) is 11.9 Å². The van der Waals surface area contributed by atoms with Crippen molar-refractivity contribution in [2.45, 2.75) is 38.7 Å². The number of amides is 1. The maximum Gasteiger partial charge on any atom is 0.228 e. The average Bonchev–Trinajstić information content (AvgIpc) is 3.00. The van der Waals surface area contributed by atoms with E-state index in [0.29, 0.717) is 18.0 Å². The predicted molar refractivity (Wildman–Crippen MR) is 113 cm³/mol. The van der Waals surface area contributed by atoms with E-state index in [0.717, 1.165) is 34.4 Å². The van der Waals surface area contributed by atoms with E-state index in [1.54, 1.807) is 18.2 Å². The van der Waals surface area contributed by atoms with Gasteiger partial charge < -0.3 is 14.6 Å². The summed E-state index contributed by atoms with van der Waals surface area (Å²) in [4.78, 5) is 12.6. The third-order valence-electron chi connectivity index (χ3n) is 4.76. The van der Waals surface area contributed by atoms with E-state index >= 15 is 0 Å². The molecule has 0 saturated heterocycles. The minimum atomic E-state index is -3.34. The van der Waals surface area contributed by atoms with Crippen LogP contribution in [0.1, 0.15) is 28.1 Å². The van der Waals surface area contributed by atoms with Gasteiger partial charge in [-0.05, 0) is 56.2 Å². The van der Waals surface area contributed by atoms with Crippen LogP contribution in [0.25, 0.3) is 0 Å². The highest BCUT2D eigenvalue weighted by Crippen LogP contribution is 2.21. The van der Waals surface area contributed by atoms with Gasteiger partial charge in [0.1, 0.15) is 18.1 Å². The Balaban J connectivity index is 1.61. The van der Waals surface area contributed by atoms with Crippen LogP contribution < -0.4 is 10.1 Å². The lowest BCUT2D eigenvalue weighted by Crippen LogP contribution is -2.15. The second-order valence-corrected chi connectivity index (χ2v) is 9.22. The maximum atomic E-state index is 12.4. The first-order valence-corrected chi connectivity index (χ1v) is 11.3. The van der Waals surface area contributed by atoms with Crippen molar-refractivity contribution in [3.05, 3.63) is 70.6 Å². The highest BCUT2D eigenvalue weighted by Gasteiger charge is 2.12. The van der Waals surface area contributed by atoms with Crippen LogP contribution in [0.4, 0.5) is 5.69 Å². The van der Waals surface area contributed by atoms with Crippen molar-refractivity contribution < 1.29 is 22.5 Å². The molecule has 0 spiro atoms. The van der Waals surface area contributed by atoms with Gasteiger partial charge >= 0.3 is 0 Å². The lowest BCUT2D eigenvalue weighted by molar-refractivity contribution is -0.115. The summed E-state index contributed by atoms with van der Waals surface area (Å²) in [7, 11) is -3.34. The Morgan fingerprint density at radius 1 is 1.10 bits per heavy atom. The summed E-state index contributed by atoms with van der Waals surface area (Å²) in [6.07, 6.45) is 1.30. The molecule has 0 bridgehead atoms. The average molecular weight is 429 g/mol. The molecule has 0 aliphatic rings. The Labute approximate surface area is 176 Å². The number of carbonyl (C=O) groups excluding carboxylic acids is 1. The number of rotatable bonds is 7. The fraction of sp³-hybridized carbons (Fsp3) is 0.273. The molecule has 0 unspecified atom stereocenters. The Morgan fingerprint density at radius 2 is 1.80 bits per heavy atom. The van der Waals surface area contributed by atoms with Crippen LogP contribution in [0.2, 0.25) is 0 Å². The summed E-state index contributed by atoms with van der Waals surface area (Å²) in [5, 5.41) is 6.69. The van der Waals surface area contributed by atoms with Crippen molar-refractivity contribution in [1.29, 1.82) is 0 Å². The standard InChI is InChI=1S/C22H24N2O5S/c1-14-5-10-19(30(4,26)27)12-21(14)23-22(25)11-17-6-8-18(9-7-17)28-13-20-15(2)24-29-16(20)3/h5-10,12H,11,13H2,1-4H3,(H,23,25). The van der Waals surface area contributed by atoms with Gasteiger partial charge in [0.05, 0.1) is 22.6 Å². The van der Waals surface area contributed by atoms with Crippen LogP contribution in [-0.2, 0) is 27.7 Å². The summed E-state index contributed by atoms with van der Waals surface area (Å²) in [5.41, 5.74) is 3.82. The number of hydrogen-bond donors (Lipinski definition) is 1. The van der Waals surface area contributed by atoms with E-state index in [1.165, 1.54) is 12.1 Å². The molecule has 0 saturated carbocycles. The first-order chi connectivity index (χ1) is 14.1. The molecular weight excluding hydrogens is 404 g/mol. The largest absolute Gasteiger partial charge is 0.489 e. The third-order valence-corrected chi connectivity index (χ3v) is 5.87. The number of aromatic nitrogens is 1. The Kier molecular flexibility index (Phi) is 6.26. The zero-order valence-electron chi connectivity index (χ0n) is 17.4. The normalized spacial score (nSPS) is 11.3. The summed E-state index contributed by atoms with van der Waals surface area (Å²) in [6.45, 7) is 5.88. The fourth-order valence-corrected chi connectivity index (χ4v) is 3.56. The molecule has 0 aliphatic carbocycles. The molecule has 1 heterocycles. The van der Waals surface area contributed by atoms with Gasteiger partial charge in [0.25, 0.3) is 0 Å². The van der Waals surface area contributed by atoms with E-state index < -0.39 is 9.84 Å². The van der Waals surface area contributed by atoms with E-state index in [2.05, 4.69) is 10.5 Å². The van der Waals surface area contributed by atoms with E-state index in [-0.39, 0.29) is 17.2 Å². The summed E-state index contributed by atoms with van der Waals surface area (Å²) in [6, 6.07) is 11.9. The van der Waals surface area contributed by atoms with Gasteiger partial charge in [-0.25, -0.2) is 8.42 Å². The molecule has 3 rings (SSSR count). The van der Waals surface area contributed by atoms with Crippen LogP contribution in [0.3, 0.4) is 0 Å². The zero-order valence-corrected chi connectivity index (χ0v) is 18.2. The lowest BCUT2D eigenvalue weighted by Gasteiger charge is -2.11. The molecule has 7 nitrogen and oxygen atoms in total. The Bertz CT molecular complexity index is 1150. The van der Waals surface area contributed by atoms with Crippen LogP contribution in [0.15, 0.2) is 51.9 Å². The van der Waals surface area contributed by atoms with Crippen molar-refractivity contribution in [2.75, 3.05) is 11.6 Å². The number of anilines is 1. The van der Waals surface area contributed by atoms with Crippen molar-refractivity contribution in [1.82, 2.24) is 5.16 Å². The minimum absolute atomic E-state index is 0.159. The van der Waals surface area contributed by atoms with Gasteiger partial charge in [0.2, 0.25) is 5.91 Å². The number of hydrogen-bond acceptors (Lipinski definition) is 6. The lowest BCUT2D eigenvalue weighted by atomic mass is 10.1. The van der Waals surface area contributed by atoms with Crippen molar-refractivity contribution in [3.8, 4) is 5.75 Å². The molecule has 0 atom stereocenters. The van der Waals surface area contributed by atoms with Crippen molar-refractivity contribution in [2.24, 2.45) is 0 Å². The van der Waals surface area contributed by atoms with Gasteiger partial charge in [-0.1, -0.05) is 23.4 Å². The smallest absolute Gasteiger partial charge is 0.228 e. The number of nitrogens with zero attached hydrogens (tertiary/aromatic N) is 1. The molecule has 2 aromatic carbocycles. The number of nitrogens with one attached hydrogen (secondary N) is 1. The second kappa shape index (κ2) is 8.71. The highest BCUT2D eigenvalue weighted by atomic mass is 32.2. The van der Waals surface area contributed by atoms with Crippen LogP contribution in [0, 0.1) is 20.8 Å². The molecule has 8 heteroatoms. The number of aryl methyl sites for hydroxylation is 3. The number of carbonyl (C=O) groups is 1. The van der Waals surface area contributed by atoms with E-state index in [1.807, 2.05) is 32.9 Å². The number of ether oxygens (including phenoxy) is 1. The summed E-state index contributed by atoms with van der Waals surface area (Å²) >= 11 is 0. The molecule has 30 heavy (non-hydrogen) atoms. The van der Waals surface area contributed by atoms with Gasteiger partial charge in [-0.2, -0.15) is 0 Å². The molecule has 1 aromatic heterocycles. The SMILES string of the molecule is Cc1ccc(S(C)(=O)=O)cc1NC(=O)Cc1ccc(OCc2c(C)noc2C)cc1. The van der Waals surface area contributed by atoms with Gasteiger partial charge in [-0.15, -0.1) is 0 Å². The van der Waals surface area contributed by atoms with Crippen molar-refractivity contribution >= 4 is 21.4 Å². The molecule has 0 fully saturated rings. The van der Waals surface area contributed by atoms with Crippen LogP contribution in [0.5, 0.6) is 5.75 Å². The molecule has 3 aromatic rings. The topological polar surface area (TPSA) is 98.5 Å². The van der Waals surface area contributed by atoms with Gasteiger partial charge in [0.15, 0.2) is 9.84 Å². The van der Waals surface area contributed by atoms with Crippen molar-refractivity contribution in [3.63, 3.8) is 0 Å². The zero-order chi connectivity index (χ0) is 21.9. The summed E-state index contributed by atoms with van der Waals surface area (Å²) in [5.74, 6) is 1.18. The Morgan fingerprint density at radius 3 is 2.40 bits per heavy atom. The molecule has 1 amide bonds. The maximum absolute atomic E-state index is 12.4. The number of sulfone groups is 1. The van der Waals surface area contributed by atoms with Crippen LogP contribution >= 0.6 is 0 Å². The molecule has 158 valence electrons. The van der Waals surface area contributed by atoms with Gasteiger partial charge in [-0.3, -0.25) is 4.79 Å². The van der Waals surface area contributed by atoms with E-state index in [9.17, 15) is 13.2 Å². The quantitative estimate of drug-likeness (QED) is 0.615. The monoisotopic (exact) mass is 428 g/mol. The second-order valence-electron chi connectivity index (χ2n) is 7.21. The third kappa shape index (κ3) is 5.27. The molecular formula is C22H24N2O5S.